The molecule has 7 heterocycles. The molecular formula is C52H61N11O6. The number of aromatic amines is 2. The molecule has 0 radical (unpaired) electrons. The van der Waals surface area contributed by atoms with E-state index < -0.39 is 17.8 Å². The number of aromatic nitrogens is 8. The van der Waals surface area contributed by atoms with E-state index in [2.05, 4.69) is 77.3 Å². The fraction of sp³-hybridized carbons (Fsp3) is 0.404. The van der Waals surface area contributed by atoms with Crippen molar-refractivity contribution in [3.8, 4) is 44.8 Å². The number of piperidine rings is 1. The van der Waals surface area contributed by atoms with E-state index in [1.165, 1.54) is 4.90 Å². The first-order valence-electron chi connectivity index (χ1n) is 23.6. The number of anilines is 2. The molecule has 1 aliphatic carbocycles. The van der Waals surface area contributed by atoms with Gasteiger partial charge >= 0.3 is 6.09 Å². The van der Waals surface area contributed by atoms with Crippen LogP contribution in [0.2, 0.25) is 0 Å². The van der Waals surface area contributed by atoms with Gasteiger partial charge in [0.05, 0.1) is 41.5 Å². The van der Waals surface area contributed by atoms with Crippen molar-refractivity contribution >= 4 is 39.8 Å². The zero-order chi connectivity index (χ0) is 48.7. The van der Waals surface area contributed by atoms with Gasteiger partial charge < -0.3 is 49.5 Å². The number of aliphatic hydroxyl groups is 2. The SMILES string of the molecule is Cc1cnc(N[C@@H]2CCC[C@H](O)C2)nc1-c1c[nH]c2cc(-c3c(C)noc3C)ccc12.Cc1cnc(N[C@H]2C[C@@H](O)CN(C(=O)OC(C)(C)C)C2)nc1-c1c[nH]c2cc(-c3c(C)noc3C)ccc12. The van der Waals surface area contributed by atoms with E-state index in [-0.39, 0.29) is 24.7 Å². The molecule has 6 aromatic heterocycles. The molecule has 6 N–H and O–H groups in total. The van der Waals surface area contributed by atoms with Crippen LogP contribution in [0, 0.1) is 41.5 Å². The first-order valence-corrected chi connectivity index (χ1v) is 23.6. The highest BCUT2D eigenvalue weighted by Crippen LogP contribution is 2.37. The lowest BCUT2D eigenvalue weighted by Crippen LogP contribution is -2.52. The molecule has 2 fully saturated rings. The van der Waals surface area contributed by atoms with Gasteiger partial charge in [-0.05, 0) is 129 Å². The Morgan fingerprint density at radius 1 is 0.710 bits per heavy atom. The van der Waals surface area contributed by atoms with Crippen LogP contribution in [0.4, 0.5) is 16.7 Å². The minimum Gasteiger partial charge on any atom is -0.444 e. The predicted molar refractivity (Wildman–Crippen MR) is 266 cm³/mol. The van der Waals surface area contributed by atoms with Gasteiger partial charge in [-0.25, -0.2) is 24.7 Å². The maximum Gasteiger partial charge on any atom is 0.410 e. The molecule has 360 valence electrons. The van der Waals surface area contributed by atoms with Crippen LogP contribution in [0.3, 0.4) is 0 Å². The van der Waals surface area contributed by atoms with Gasteiger partial charge in [0.2, 0.25) is 11.9 Å². The van der Waals surface area contributed by atoms with Gasteiger partial charge in [-0.15, -0.1) is 0 Å². The summed E-state index contributed by atoms with van der Waals surface area (Å²) in [7, 11) is 0. The highest BCUT2D eigenvalue weighted by Gasteiger charge is 2.32. The van der Waals surface area contributed by atoms with Gasteiger partial charge in [-0.3, -0.25) is 0 Å². The quantitative estimate of drug-likeness (QED) is 0.0833. The number of H-pyrrole nitrogens is 2. The van der Waals surface area contributed by atoms with Crippen molar-refractivity contribution in [1.29, 1.82) is 0 Å². The van der Waals surface area contributed by atoms with Crippen molar-refractivity contribution in [3.63, 3.8) is 0 Å². The zero-order valence-corrected chi connectivity index (χ0v) is 40.7. The largest absolute Gasteiger partial charge is 0.444 e. The Morgan fingerprint density at radius 3 is 1.70 bits per heavy atom. The number of hydrogen-bond acceptors (Lipinski definition) is 14. The van der Waals surface area contributed by atoms with E-state index in [0.717, 1.165) is 126 Å². The predicted octanol–water partition coefficient (Wildman–Crippen LogP) is 9.91. The number of rotatable bonds is 8. The second kappa shape index (κ2) is 19.1. The molecule has 0 spiro atoms. The van der Waals surface area contributed by atoms with Gasteiger partial charge in [-0.1, -0.05) is 34.6 Å². The Hall–Kier alpha value is -7.11. The number of hydrogen-bond donors (Lipinski definition) is 6. The number of aryl methyl sites for hydroxylation is 6. The highest BCUT2D eigenvalue weighted by molar-refractivity contribution is 5.98. The number of nitrogens with one attached hydrogen (secondary N) is 4. The fourth-order valence-electron chi connectivity index (χ4n) is 9.63. The summed E-state index contributed by atoms with van der Waals surface area (Å²) in [4.78, 5) is 39.5. The summed E-state index contributed by atoms with van der Waals surface area (Å²) in [6, 6.07) is 12.6. The molecule has 8 aromatic rings. The third-order valence-corrected chi connectivity index (χ3v) is 12.9. The van der Waals surface area contributed by atoms with Crippen LogP contribution >= 0.6 is 0 Å². The number of aliphatic hydroxyl groups excluding tert-OH is 2. The van der Waals surface area contributed by atoms with Crippen LogP contribution in [0.5, 0.6) is 0 Å². The van der Waals surface area contributed by atoms with Gasteiger partial charge in [0.25, 0.3) is 0 Å². The van der Waals surface area contributed by atoms with E-state index >= 15 is 0 Å². The minimum absolute atomic E-state index is 0.208. The summed E-state index contributed by atoms with van der Waals surface area (Å²) in [5.74, 6) is 2.66. The Bertz CT molecular complexity index is 3100. The molecule has 1 amide bonds. The lowest BCUT2D eigenvalue weighted by atomic mass is 9.93. The smallest absolute Gasteiger partial charge is 0.410 e. The molecule has 2 aliphatic rings. The van der Waals surface area contributed by atoms with Crippen LogP contribution in [-0.4, -0.2) is 104 Å². The van der Waals surface area contributed by atoms with Crippen molar-refractivity contribution in [2.75, 3.05) is 23.7 Å². The third-order valence-electron chi connectivity index (χ3n) is 12.9. The number of β-amino-alcohol motifs (C(OH)–C–C–N with tert-alkyl or cyclic N) is 1. The minimum atomic E-state index is -0.667. The van der Waals surface area contributed by atoms with E-state index in [0.29, 0.717) is 24.9 Å². The molecule has 0 bridgehead atoms. The number of fused-ring (bicyclic) bond motifs is 2. The summed E-state index contributed by atoms with van der Waals surface area (Å²) in [5.41, 5.74) is 13.0. The van der Waals surface area contributed by atoms with Gasteiger partial charge in [-0.2, -0.15) is 0 Å². The fourth-order valence-corrected chi connectivity index (χ4v) is 9.63. The number of nitrogens with zero attached hydrogens (tertiary/aromatic N) is 7. The topological polar surface area (TPSA) is 229 Å². The number of benzene rings is 2. The lowest BCUT2D eigenvalue weighted by Gasteiger charge is -2.36. The number of likely N-dealkylation sites (tertiary alicyclic amines) is 1. The molecule has 2 aromatic carbocycles. The van der Waals surface area contributed by atoms with Crippen LogP contribution in [0.1, 0.15) is 86.9 Å². The molecule has 1 saturated carbocycles. The van der Waals surface area contributed by atoms with Crippen LogP contribution in [-0.2, 0) is 4.74 Å². The van der Waals surface area contributed by atoms with Crippen LogP contribution in [0.15, 0.2) is 70.2 Å². The molecule has 10 rings (SSSR count). The van der Waals surface area contributed by atoms with Crippen molar-refractivity contribution in [2.24, 2.45) is 0 Å². The maximum atomic E-state index is 12.6. The molecule has 0 unspecified atom stereocenters. The van der Waals surface area contributed by atoms with E-state index in [1.807, 2.05) is 80.9 Å². The highest BCUT2D eigenvalue weighted by atomic mass is 16.6. The summed E-state index contributed by atoms with van der Waals surface area (Å²) in [6.07, 6.45) is 10.4. The molecule has 4 atom stereocenters. The monoisotopic (exact) mass is 935 g/mol. The number of carbonyl (C=O) groups excluding carboxylic acids is 1. The first kappa shape index (κ1) is 47.0. The maximum absolute atomic E-state index is 12.6. The normalized spacial score (nSPS) is 18.6. The summed E-state index contributed by atoms with van der Waals surface area (Å²) >= 11 is 0. The molecule has 17 heteroatoms. The Morgan fingerprint density at radius 2 is 1.22 bits per heavy atom. The Labute approximate surface area is 400 Å². The van der Waals surface area contributed by atoms with Gasteiger partial charge in [0.1, 0.15) is 17.1 Å². The van der Waals surface area contributed by atoms with Crippen molar-refractivity contribution < 1.29 is 28.8 Å². The van der Waals surface area contributed by atoms with Gasteiger partial charge in [0, 0.05) is 87.5 Å². The summed E-state index contributed by atoms with van der Waals surface area (Å²) < 4.78 is 16.2. The van der Waals surface area contributed by atoms with E-state index in [9.17, 15) is 15.0 Å². The molecular weight excluding hydrogens is 875 g/mol. The second-order valence-corrected chi connectivity index (χ2v) is 19.6. The lowest BCUT2D eigenvalue weighted by molar-refractivity contribution is 0.00175. The Kier molecular flexibility index (Phi) is 13.0. The number of carbonyl (C=O) groups is 1. The summed E-state index contributed by atoms with van der Waals surface area (Å²) in [5, 5.41) is 37.4. The van der Waals surface area contributed by atoms with E-state index in [1.54, 1.807) is 6.20 Å². The molecule has 1 aliphatic heterocycles. The van der Waals surface area contributed by atoms with Crippen LogP contribution < -0.4 is 10.6 Å². The van der Waals surface area contributed by atoms with E-state index in [4.69, 9.17) is 23.8 Å². The second-order valence-electron chi connectivity index (χ2n) is 19.6. The number of ether oxygens (including phenoxy) is 1. The summed E-state index contributed by atoms with van der Waals surface area (Å²) in [6.45, 7) is 17.8. The van der Waals surface area contributed by atoms with Crippen LogP contribution in [0.25, 0.3) is 66.6 Å². The average Bonchev–Trinajstić information content (AvgIpc) is 4.09. The van der Waals surface area contributed by atoms with Gasteiger partial charge in [0.15, 0.2) is 0 Å². The number of amides is 1. The van der Waals surface area contributed by atoms with Crippen molar-refractivity contribution in [2.45, 2.75) is 124 Å². The third kappa shape index (κ3) is 10.2. The molecule has 69 heavy (non-hydrogen) atoms. The average molecular weight is 936 g/mol. The Balaban J connectivity index is 0.000000175. The molecule has 1 saturated heterocycles. The van der Waals surface area contributed by atoms with Crippen molar-refractivity contribution in [3.05, 3.63) is 95.2 Å². The zero-order valence-electron chi connectivity index (χ0n) is 40.7. The molecule has 17 nitrogen and oxygen atoms in total. The first-order chi connectivity index (χ1) is 33.0. The van der Waals surface area contributed by atoms with Crippen molar-refractivity contribution in [1.82, 2.24) is 45.1 Å². The standard InChI is InChI=1S/C28H34N6O4.C24H27N5O2/c1-15-11-30-26(31-19-10-20(35)14-34(13-19)27(36)37-28(4,5)6)32-25(15)22-12-29-23-9-18(7-8-21(22)23)24-16(2)33-38-17(24)3;1-13-11-26-24(27-17-5-4-6-18(30)10-17)28-23(13)20-12-25-21-9-16(7-8-19(20)21)22-14(2)29-31-15(22)3/h7-9,11-12,19-20,29,35H,10,13-14H2,1-6H3,(H,30,31,32);7-9,11-12,17-18,25,30H,4-6,10H2,1-3H3,(H,26,27,28)/t19-,20+;17-,18+/m01/s1.